The smallest absolute Gasteiger partial charge is 1.00 e. The summed E-state index contributed by atoms with van der Waals surface area (Å²) < 4.78 is 12.5. The van der Waals surface area contributed by atoms with Gasteiger partial charge in [0, 0.05) is 29.4 Å². The summed E-state index contributed by atoms with van der Waals surface area (Å²) in [6.45, 7) is 28.0. The van der Waals surface area contributed by atoms with Crippen LogP contribution in [0.4, 0.5) is 0 Å². The third kappa shape index (κ3) is 11.9. The molecule has 0 aromatic heterocycles. The molecule has 0 N–H and O–H groups in total. The van der Waals surface area contributed by atoms with Crippen molar-refractivity contribution in [2.24, 2.45) is 5.92 Å². The van der Waals surface area contributed by atoms with Crippen LogP contribution in [0.5, 0.6) is 0 Å². The Balaban J connectivity index is 0. The van der Waals surface area contributed by atoms with Crippen LogP contribution in [0.2, 0.25) is 77.6 Å². The average Bonchev–Trinajstić information content (AvgIpc) is 3.28. The molecule has 0 aliphatic heterocycles. The van der Waals surface area contributed by atoms with Gasteiger partial charge in [-0.15, -0.1) is 18.8 Å². The van der Waals surface area contributed by atoms with E-state index < -0.39 is 32.8 Å². The van der Waals surface area contributed by atoms with Crippen LogP contribution in [0.25, 0.3) is 0 Å². The molecule has 0 aromatic carbocycles. The molecule has 0 spiro atoms. The summed E-state index contributed by atoms with van der Waals surface area (Å²) >= 11 is 0. The Bertz CT molecular complexity index is 741. The van der Waals surface area contributed by atoms with Crippen LogP contribution in [-0.2, 0) is 35.1 Å². The Morgan fingerprint density at radius 3 is 1.29 bits per heavy atom. The van der Waals surface area contributed by atoms with E-state index in [4.69, 9.17) is 8.85 Å². The summed E-state index contributed by atoms with van der Waals surface area (Å²) in [7, 11) is -6.08. The average molecular weight is 667 g/mol. The molecule has 2 rings (SSSR count). The van der Waals surface area contributed by atoms with Crippen LogP contribution in [0.1, 0.15) is 19.8 Å². The molecule has 9 heteroatoms. The van der Waals surface area contributed by atoms with Gasteiger partial charge in [-0.25, -0.2) is 21.5 Å². The first-order valence-corrected chi connectivity index (χ1v) is 25.7. The van der Waals surface area contributed by atoms with Crippen molar-refractivity contribution in [2.45, 2.75) is 97.3 Å². The van der Waals surface area contributed by atoms with Crippen LogP contribution in [0, 0.1) is 18.1 Å². The molecule has 2 aliphatic carbocycles. The third-order valence-electron chi connectivity index (χ3n) is 6.59. The van der Waals surface area contributed by atoms with Gasteiger partial charge in [0.15, 0.2) is 16.6 Å². The number of hydrogen-bond donors (Lipinski definition) is 0. The van der Waals surface area contributed by atoms with Crippen LogP contribution in [0.15, 0.2) is 33.7 Å². The summed E-state index contributed by atoms with van der Waals surface area (Å²) in [5, 5.41) is 3.11. The topological polar surface area (TPSA) is 18.5 Å². The van der Waals surface area contributed by atoms with Gasteiger partial charge in [0.2, 0.25) is 0 Å². The normalized spacial score (nSPS) is 16.6. The molecule has 0 atom stereocenters. The molecule has 2 nitrogen and oxygen atoms in total. The van der Waals surface area contributed by atoms with Crippen molar-refractivity contribution < 1.29 is 59.9 Å². The molecule has 0 aromatic rings. The van der Waals surface area contributed by atoms with Crippen LogP contribution in [0.3, 0.4) is 0 Å². The molecule has 2 aliphatic rings. The number of rotatable bonds is 12. The Labute approximate surface area is 253 Å². The minimum absolute atomic E-state index is 0. The quantitative estimate of drug-likeness (QED) is 0.234. The minimum Gasteiger partial charge on any atom is -1.00 e. The fourth-order valence-electron chi connectivity index (χ4n) is 4.62. The van der Waals surface area contributed by atoms with E-state index in [9.17, 15) is 0 Å². The maximum Gasteiger partial charge on any atom is 4.00 e. The Kier molecular flexibility index (Phi) is 16.6. The minimum atomic E-state index is -1.58. The van der Waals surface area contributed by atoms with Crippen molar-refractivity contribution in [3.05, 3.63) is 45.8 Å². The van der Waals surface area contributed by atoms with Crippen LogP contribution >= 0.6 is 0 Å². The molecule has 0 amide bonds. The zero-order chi connectivity index (χ0) is 24.4. The van der Waals surface area contributed by atoms with Crippen LogP contribution in [-0.4, -0.2) is 46.0 Å². The summed E-state index contributed by atoms with van der Waals surface area (Å²) in [6.07, 6.45) is 14.4. The van der Waals surface area contributed by atoms with E-state index in [0.29, 0.717) is 5.92 Å². The van der Waals surface area contributed by atoms with E-state index in [1.165, 1.54) is 12.1 Å². The fourth-order valence-corrected chi connectivity index (χ4v) is 11.5. The van der Waals surface area contributed by atoms with E-state index in [-0.39, 0.29) is 51.0 Å². The molecule has 35 heavy (non-hydrogen) atoms. The van der Waals surface area contributed by atoms with Gasteiger partial charge in [-0.3, -0.25) is 12.2 Å². The van der Waals surface area contributed by atoms with Crippen molar-refractivity contribution in [1.29, 1.82) is 0 Å². The molecule has 0 saturated heterocycles. The third-order valence-corrected chi connectivity index (χ3v) is 15.3. The molecule has 0 unspecified atom stereocenters. The molecular weight excluding hydrogens is 619 g/mol. The monoisotopic (exact) mass is 664 g/mol. The molecule has 0 heterocycles. The summed E-state index contributed by atoms with van der Waals surface area (Å²) in [4.78, 5) is 0. The second kappa shape index (κ2) is 15.1. The molecule has 0 saturated carbocycles. The zero-order valence-electron chi connectivity index (χ0n) is 24.0. The van der Waals surface area contributed by atoms with Gasteiger partial charge in [0.25, 0.3) is 0 Å². The largest absolute Gasteiger partial charge is 4.00 e. The van der Waals surface area contributed by atoms with Gasteiger partial charge in [0.1, 0.15) is 0 Å². The molecule has 198 valence electrons. The van der Waals surface area contributed by atoms with Gasteiger partial charge in [0.05, 0.1) is 0 Å². The maximum absolute atomic E-state index is 6.23. The van der Waals surface area contributed by atoms with Gasteiger partial charge in [-0.2, -0.15) is 12.2 Å². The van der Waals surface area contributed by atoms with E-state index in [0.717, 1.165) is 26.1 Å². The number of allylic oxidation sites excluding steroid dienone is 8. The molecule has 0 fully saturated rings. The van der Waals surface area contributed by atoms with E-state index in [1.807, 2.05) is 0 Å². The summed E-state index contributed by atoms with van der Waals surface area (Å²) in [5.41, 5.74) is 3.09. The van der Waals surface area contributed by atoms with Gasteiger partial charge < -0.3 is 33.7 Å². The Hall–Kier alpha value is 1.21. The van der Waals surface area contributed by atoms with Crippen molar-refractivity contribution >= 4 is 32.8 Å². The number of halogens is 2. The van der Waals surface area contributed by atoms with Gasteiger partial charge in [-0.05, 0) is 51.4 Å². The first kappa shape index (κ1) is 38.4. The first-order valence-electron chi connectivity index (χ1n) is 12.4. The Morgan fingerprint density at radius 2 is 1.00 bits per heavy atom. The van der Waals surface area contributed by atoms with Crippen molar-refractivity contribution in [1.82, 2.24) is 0 Å². The van der Waals surface area contributed by atoms with Gasteiger partial charge in [-0.1, -0.05) is 33.1 Å². The standard InChI is InChI=1S/C26H48O2Si4.2ClH.Zr/c1-22(23-14-12-16-25(23)31(8,9)20-18-27-29(2,3)4)24-15-13-17-26(24)32(10,11)21-19-28-30(5,6)7;;;/h14-15,22H,12-13,18-21H2,1-11H3;2*1H;/q-2;;;+4/p-2. The SMILES string of the molecule is CC(C1=CC[C-]=C1[Si](C)(C)CCO[Si](C)(C)C)C1=CC[C-]=C1[Si](C)(C)CCO[Si](C)(C)C.[Cl-].[Cl-].[Zr+4]. The van der Waals surface area contributed by atoms with Crippen molar-refractivity contribution in [3.8, 4) is 0 Å². The molecular formula is C26H48Cl2O2Si4Zr. The summed E-state index contributed by atoms with van der Waals surface area (Å²) in [6, 6.07) is 2.37. The second-order valence-corrected chi connectivity index (χ2v) is 31.3. The van der Waals surface area contributed by atoms with Crippen molar-refractivity contribution in [3.63, 3.8) is 0 Å². The van der Waals surface area contributed by atoms with E-state index in [2.05, 4.69) is 96.7 Å². The number of hydrogen-bond acceptors (Lipinski definition) is 2. The maximum atomic E-state index is 6.23. The predicted molar refractivity (Wildman–Crippen MR) is 151 cm³/mol. The fraction of sp³-hybridized carbons (Fsp3) is 0.692. The molecule has 0 radical (unpaired) electrons. The van der Waals surface area contributed by atoms with E-state index in [1.54, 1.807) is 21.5 Å². The summed E-state index contributed by atoms with van der Waals surface area (Å²) in [5.74, 6) is 0.444. The first-order chi connectivity index (χ1) is 14.5. The zero-order valence-corrected chi connectivity index (χ0v) is 32.0. The van der Waals surface area contributed by atoms with Crippen molar-refractivity contribution in [2.75, 3.05) is 13.2 Å². The molecule has 0 bridgehead atoms. The van der Waals surface area contributed by atoms with Crippen LogP contribution < -0.4 is 24.8 Å². The Morgan fingerprint density at radius 1 is 0.686 bits per heavy atom. The van der Waals surface area contributed by atoms with Gasteiger partial charge >= 0.3 is 26.2 Å². The predicted octanol–water partition coefficient (Wildman–Crippen LogP) is 1.95. The van der Waals surface area contributed by atoms with E-state index >= 15 is 0 Å². The second-order valence-electron chi connectivity index (χ2n) is 12.7.